The molecule has 0 bridgehead atoms. The van der Waals surface area contributed by atoms with E-state index in [0.717, 1.165) is 59.1 Å². The van der Waals surface area contributed by atoms with Crippen LogP contribution in [0.25, 0.3) is 10.9 Å². The number of aromatic nitrogens is 3. The van der Waals surface area contributed by atoms with Gasteiger partial charge in [-0.1, -0.05) is 41.6 Å². The van der Waals surface area contributed by atoms with Gasteiger partial charge in [-0.05, 0) is 38.8 Å². The van der Waals surface area contributed by atoms with Crippen LogP contribution in [0.15, 0.2) is 35.5 Å². The molecule has 0 radical (unpaired) electrons. The molecule has 0 saturated carbocycles. The van der Waals surface area contributed by atoms with Crippen molar-refractivity contribution >= 4 is 34.3 Å². The van der Waals surface area contributed by atoms with Crippen molar-refractivity contribution in [1.82, 2.24) is 14.5 Å². The van der Waals surface area contributed by atoms with Crippen LogP contribution < -0.4 is 0 Å². The topological polar surface area (TPSA) is 39.9 Å². The molecule has 1 atom stereocenters. The van der Waals surface area contributed by atoms with Crippen molar-refractivity contribution in [2.45, 2.75) is 50.2 Å². The fourth-order valence-corrected chi connectivity index (χ4v) is 4.69. The van der Waals surface area contributed by atoms with E-state index in [1.807, 2.05) is 18.2 Å². The number of ether oxygens (including phenoxy) is 1. The summed E-state index contributed by atoms with van der Waals surface area (Å²) in [5.74, 6) is 0.748. The molecule has 2 aromatic heterocycles. The highest BCUT2D eigenvalue weighted by Gasteiger charge is 2.20. The van der Waals surface area contributed by atoms with Gasteiger partial charge < -0.3 is 9.30 Å². The summed E-state index contributed by atoms with van der Waals surface area (Å²) >= 11 is 8.12. The molecule has 3 heterocycles. The highest BCUT2D eigenvalue weighted by atomic mass is 35.5. The van der Waals surface area contributed by atoms with Crippen LogP contribution in [0.1, 0.15) is 29.8 Å². The predicted molar refractivity (Wildman–Crippen MR) is 107 cm³/mol. The number of pyridine rings is 1. The largest absolute Gasteiger partial charge is 0.376 e. The van der Waals surface area contributed by atoms with E-state index >= 15 is 0 Å². The number of thioether (sulfide) groups is 1. The first-order valence-electron chi connectivity index (χ1n) is 8.94. The molecular formula is C20H22ClN3OS. The van der Waals surface area contributed by atoms with Crippen molar-refractivity contribution in [2.24, 2.45) is 0 Å². The van der Waals surface area contributed by atoms with Gasteiger partial charge in [-0.25, -0.2) is 9.97 Å². The second-order valence-electron chi connectivity index (χ2n) is 6.73. The van der Waals surface area contributed by atoms with Gasteiger partial charge in [0.15, 0.2) is 5.16 Å². The number of benzene rings is 1. The molecule has 1 aliphatic rings. The zero-order chi connectivity index (χ0) is 18.1. The molecule has 1 fully saturated rings. The minimum absolute atomic E-state index is 0.299. The van der Waals surface area contributed by atoms with Gasteiger partial charge in [-0.2, -0.15) is 0 Å². The Balaban J connectivity index is 1.56. The Morgan fingerprint density at radius 2 is 2.12 bits per heavy atom. The lowest BCUT2D eigenvalue weighted by atomic mass is 10.2. The molecule has 0 amide bonds. The maximum atomic E-state index is 6.41. The number of nitrogens with zero attached hydrogens (tertiary/aromatic N) is 3. The van der Waals surface area contributed by atoms with Crippen molar-refractivity contribution < 1.29 is 4.74 Å². The fraction of sp³-hybridized carbons (Fsp3) is 0.400. The number of para-hydroxylation sites is 1. The molecule has 136 valence electrons. The Kier molecular flexibility index (Phi) is 5.20. The average molecular weight is 388 g/mol. The van der Waals surface area contributed by atoms with Gasteiger partial charge in [-0.15, -0.1) is 0 Å². The van der Waals surface area contributed by atoms with Gasteiger partial charge in [0.1, 0.15) is 5.15 Å². The monoisotopic (exact) mass is 387 g/mol. The molecule has 0 spiro atoms. The first-order chi connectivity index (χ1) is 12.6. The first kappa shape index (κ1) is 17.8. The van der Waals surface area contributed by atoms with E-state index in [1.54, 1.807) is 11.8 Å². The van der Waals surface area contributed by atoms with Gasteiger partial charge >= 0.3 is 0 Å². The second kappa shape index (κ2) is 7.59. The summed E-state index contributed by atoms with van der Waals surface area (Å²) in [6.45, 7) is 5.94. The van der Waals surface area contributed by atoms with Crippen molar-refractivity contribution in [2.75, 3.05) is 6.61 Å². The molecule has 1 unspecified atom stereocenters. The second-order valence-corrected chi connectivity index (χ2v) is 8.03. The summed E-state index contributed by atoms with van der Waals surface area (Å²) in [6, 6.07) is 10.2. The molecule has 4 nitrogen and oxygen atoms in total. The quantitative estimate of drug-likeness (QED) is 0.447. The molecule has 1 saturated heterocycles. The zero-order valence-corrected chi connectivity index (χ0v) is 16.6. The van der Waals surface area contributed by atoms with Crippen LogP contribution >= 0.6 is 23.4 Å². The molecule has 1 aliphatic heterocycles. The summed E-state index contributed by atoms with van der Waals surface area (Å²) in [6.07, 6.45) is 2.58. The maximum absolute atomic E-state index is 6.41. The Morgan fingerprint density at radius 1 is 1.27 bits per heavy atom. The van der Waals surface area contributed by atoms with E-state index in [1.165, 1.54) is 5.69 Å². The van der Waals surface area contributed by atoms with Gasteiger partial charge in [0.2, 0.25) is 0 Å². The van der Waals surface area contributed by atoms with E-state index in [-0.39, 0.29) is 0 Å². The number of aryl methyl sites for hydroxylation is 1. The number of halogens is 1. The van der Waals surface area contributed by atoms with Crippen molar-refractivity contribution in [3.63, 3.8) is 0 Å². The van der Waals surface area contributed by atoms with Crippen LogP contribution in [0, 0.1) is 13.8 Å². The molecule has 0 N–H and O–H groups in total. The first-order valence-corrected chi connectivity index (χ1v) is 10.3. The van der Waals surface area contributed by atoms with Crippen molar-refractivity contribution in [3.05, 3.63) is 52.4 Å². The van der Waals surface area contributed by atoms with Crippen LogP contribution in [-0.2, 0) is 17.0 Å². The smallest absolute Gasteiger partial charge is 0.168 e. The molecule has 1 aromatic carbocycles. The van der Waals surface area contributed by atoms with Crippen LogP contribution in [0.3, 0.4) is 0 Å². The third-order valence-electron chi connectivity index (χ3n) is 4.94. The van der Waals surface area contributed by atoms with Crippen molar-refractivity contribution in [1.29, 1.82) is 0 Å². The Morgan fingerprint density at radius 3 is 2.92 bits per heavy atom. The predicted octanol–water partition coefficient (Wildman–Crippen LogP) is 5.17. The van der Waals surface area contributed by atoms with Gasteiger partial charge in [0, 0.05) is 29.0 Å². The van der Waals surface area contributed by atoms with Crippen LogP contribution in [-0.4, -0.2) is 27.2 Å². The average Bonchev–Trinajstić information content (AvgIpc) is 3.24. The number of hydrogen-bond donors (Lipinski definition) is 0. The molecule has 6 heteroatoms. The number of rotatable bonds is 5. The minimum Gasteiger partial charge on any atom is -0.376 e. The lowest BCUT2D eigenvalue weighted by Crippen LogP contribution is -2.16. The van der Waals surface area contributed by atoms with Crippen LogP contribution in [0.4, 0.5) is 0 Å². The third-order valence-corrected chi connectivity index (χ3v) is 6.29. The normalized spacial score (nSPS) is 17.3. The molecule has 3 aromatic rings. The summed E-state index contributed by atoms with van der Waals surface area (Å²) in [5.41, 5.74) is 4.26. The summed E-state index contributed by atoms with van der Waals surface area (Å²) in [7, 11) is 0. The summed E-state index contributed by atoms with van der Waals surface area (Å²) in [5, 5.41) is 2.71. The number of imidazole rings is 1. The lowest BCUT2D eigenvalue weighted by Gasteiger charge is -2.15. The SMILES string of the molecule is Cc1nc(SCc2cc3ccccc3nc2Cl)n(CC2CCCO2)c1C. The molecule has 26 heavy (non-hydrogen) atoms. The van der Waals surface area contributed by atoms with E-state index < -0.39 is 0 Å². The molecular weight excluding hydrogens is 366 g/mol. The third kappa shape index (κ3) is 3.61. The summed E-state index contributed by atoms with van der Waals surface area (Å²) < 4.78 is 8.11. The molecule has 4 rings (SSSR count). The highest BCUT2D eigenvalue weighted by molar-refractivity contribution is 7.98. The highest BCUT2D eigenvalue weighted by Crippen LogP contribution is 2.30. The Hall–Kier alpha value is -1.56. The number of hydrogen-bond acceptors (Lipinski definition) is 4. The Labute approximate surface area is 162 Å². The molecule has 0 aliphatic carbocycles. The minimum atomic E-state index is 0.299. The standard InChI is InChI=1S/C20H22ClN3OS/c1-13-14(2)24(11-17-7-5-9-25-17)20(22-13)26-12-16-10-15-6-3-4-8-18(15)23-19(16)21/h3-4,6,8,10,17H,5,7,9,11-12H2,1-2H3. The lowest BCUT2D eigenvalue weighted by molar-refractivity contribution is 0.0945. The van der Waals surface area contributed by atoms with E-state index in [0.29, 0.717) is 11.3 Å². The van der Waals surface area contributed by atoms with Crippen LogP contribution in [0.5, 0.6) is 0 Å². The van der Waals surface area contributed by atoms with Gasteiger partial charge in [0.05, 0.1) is 23.9 Å². The van der Waals surface area contributed by atoms with Crippen LogP contribution in [0.2, 0.25) is 5.15 Å². The van der Waals surface area contributed by atoms with Crippen molar-refractivity contribution in [3.8, 4) is 0 Å². The van der Waals surface area contributed by atoms with E-state index in [9.17, 15) is 0 Å². The number of fused-ring (bicyclic) bond motifs is 1. The van der Waals surface area contributed by atoms with Gasteiger partial charge in [0.25, 0.3) is 0 Å². The van der Waals surface area contributed by atoms with E-state index in [2.05, 4.69) is 35.5 Å². The summed E-state index contributed by atoms with van der Waals surface area (Å²) in [4.78, 5) is 9.29. The maximum Gasteiger partial charge on any atom is 0.168 e. The zero-order valence-electron chi connectivity index (χ0n) is 15.0. The van der Waals surface area contributed by atoms with Gasteiger partial charge in [-0.3, -0.25) is 0 Å². The Bertz CT molecular complexity index is 934. The fourth-order valence-electron chi connectivity index (χ4n) is 3.32. The van der Waals surface area contributed by atoms with E-state index in [4.69, 9.17) is 21.3 Å².